The molecule has 0 bridgehead atoms. The van der Waals surface area contributed by atoms with Gasteiger partial charge in [-0.1, -0.05) is 30.3 Å². The molecule has 3 heteroatoms. The Morgan fingerprint density at radius 1 is 1.25 bits per heavy atom. The van der Waals surface area contributed by atoms with Gasteiger partial charge in [-0.2, -0.15) is 5.10 Å². The van der Waals surface area contributed by atoms with Gasteiger partial charge in [0.1, 0.15) is 0 Å². The van der Waals surface area contributed by atoms with Gasteiger partial charge in [0.2, 0.25) is 0 Å². The molecular weight excluding hydrogens is 200 g/mol. The van der Waals surface area contributed by atoms with Gasteiger partial charge in [0, 0.05) is 18.2 Å². The van der Waals surface area contributed by atoms with Crippen molar-refractivity contribution in [3.8, 4) is 11.3 Å². The van der Waals surface area contributed by atoms with Crippen LogP contribution in [0.3, 0.4) is 0 Å². The predicted molar refractivity (Wildman–Crippen MR) is 64.0 cm³/mol. The lowest BCUT2D eigenvalue weighted by Crippen LogP contribution is -1.98. The number of rotatable bonds is 2. The molecule has 0 saturated heterocycles. The van der Waals surface area contributed by atoms with Crippen LogP contribution >= 0.6 is 0 Å². The standard InChI is InChI=1S/C13H16N2O/c1-9-12(10(2)16)13(15(3)14-9)11-7-5-4-6-8-11/h4-8,10,16H,1-3H3. The molecule has 0 aliphatic heterocycles. The van der Waals surface area contributed by atoms with E-state index >= 15 is 0 Å². The summed E-state index contributed by atoms with van der Waals surface area (Å²) in [6.45, 7) is 3.70. The van der Waals surface area contributed by atoms with E-state index in [2.05, 4.69) is 5.10 Å². The zero-order valence-electron chi connectivity index (χ0n) is 9.81. The van der Waals surface area contributed by atoms with E-state index in [9.17, 15) is 5.11 Å². The summed E-state index contributed by atoms with van der Waals surface area (Å²) in [6.07, 6.45) is -0.496. The molecule has 2 aromatic rings. The average Bonchev–Trinajstić information content (AvgIpc) is 2.55. The minimum Gasteiger partial charge on any atom is -0.389 e. The number of hydrogen-bond donors (Lipinski definition) is 1. The van der Waals surface area contributed by atoms with Gasteiger partial charge in [0.05, 0.1) is 17.5 Å². The Kier molecular flexibility index (Phi) is 2.79. The maximum Gasteiger partial charge on any atom is 0.0801 e. The highest BCUT2D eigenvalue weighted by Crippen LogP contribution is 2.29. The summed E-state index contributed by atoms with van der Waals surface area (Å²) in [7, 11) is 1.90. The van der Waals surface area contributed by atoms with Gasteiger partial charge in [-0.15, -0.1) is 0 Å². The van der Waals surface area contributed by atoms with Crippen LogP contribution in [0, 0.1) is 6.92 Å². The fourth-order valence-corrected chi connectivity index (χ4v) is 2.11. The Bertz CT molecular complexity index is 486. The summed E-state index contributed by atoms with van der Waals surface area (Å²) >= 11 is 0. The lowest BCUT2D eigenvalue weighted by atomic mass is 10.0. The largest absolute Gasteiger partial charge is 0.389 e. The van der Waals surface area contributed by atoms with Crippen LogP contribution in [0.15, 0.2) is 30.3 Å². The van der Waals surface area contributed by atoms with Crippen molar-refractivity contribution in [3.05, 3.63) is 41.6 Å². The summed E-state index contributed by atoms with van der Waals surface area (Å²) in [5.74, 6) is 0. The first-order valence-electron chi connectivity index (χ1n) is 5.38. The maximum atomic E-state index is 9.81. The van der Waals surface area contributed by atoms with Crippen molar-refractivity contribution in [2.75, 3.05) is 0 Å². The highest BCUT2D eigenvalue weighted by atomic mass is 16.3. The number of aliphatic hydroxyl groups is 1. The Labute approximate surface area is 95.3 Å². The fourth-order valence-electron chi connectivity index (χ4n) is 2.11. The number of benzene rings is 1. The quantitative estimate of drug-likeness (QED) is 0.837. The van der Waals surface area contributed by atoms with E-state index in [-0.39, 0.29) is 0 Å². The van der Waals surface area contributed by atoms with E-state index in [1.165, 1.54) is 0 Å². The SMILES string of the molecule is Cc1nn(C)c(-c2ccccc2)c1C(C)O. The Hall–Kier alpha value is -1.61. The van der Waals surface area contributed by atoms with Crippen LogP contribution in [-0.2, 0) is 7.05 Å². The van der Waals surface area contributed by atoms with Crippen molar-refractivity contribution in [1.82, 2.24) is 9.78 Å². The van der Waals surface area contributed by atoms with Crippen molar-refractivity contribution < 1.29 is 5.11 Å². The molecule has 16 heavy (non-hydrogen) atoms. The van der Waals surface area contributed by atoms with Crippen LogP contribution in [0.1, 0.15) is 24.3 Å². The summed E-state index contributed by atoms with van der Waals surface area (Å²) < 4.78 is 1.83. The van der Waals surface area contributed by atoms with E-state index in [1.54, 1.807) is 6.92 Å². The van der Waals surface area contributed by atoms with E-state index in [0.29, 0.717) is 0 Å². The summed E-state index contributed by atoms with van der Waals surface area (Å²) in [5.41, 5.74) is 3.87. The van der Waals surface area contributed by atoms with E-state index in [4.69, 9.17) is 0 Å². The fraction of sp³-hybridized carbons (Fsp3) is 0.308. The van der Waals surface area contributed by atoms with Gasteiger partial charge in [-0.3, -0.25) is 4.68 Å². The van der Waals surface area contributed by atoms with Crippen molar-refractivity contribution in [3.63, 3.8) is 0 Å². The van der Waals surface area contributed by atoms with Gasteiger partial charge in [-0.05, 0) is 13.8 Å². The number of hydrogen-bond acceptors (Lipinski definition) is 2. The van der Waals surface area contributed by atoms with E-state index in [1.807, 2.05) is 49.0 Å². The van der Waals surface area contributed by atoms with Crippen LogP contribution in [0.2, 0.25) is 0 Å². The molecule has 3 nitrogen and oxygen atoms in total. The molecular formula is C13H16N2O. The van der Waals surface area contributed by atoms with E-state index in [0.717, 1.165) is 22.5 Å². The summed E-state index contributed by atoms with van der Waals surface area (Å²) in [4.78, 5) is 0. The summed E-state index contributed by atoms with van der Waals surface area (Å²) in [5, 5.41) is 14.2. The van der Waals surface area contributed by atoms with Crippen LogP contribution in [0.4, 0.5) is 0 Å². The van der Waals surface area contributed by atoms with Crippen LogP contribution in [0.5, 0.6) is 0 Å². The minimum atomic E-state index is -0.496. The predicted octanol–water partition coefficient (Wildman–Crippen LogP) is 2.45. The van der Waals surface area contributed by atoms with Gasteiger partial charge < -0.3 is 5.11 Å². The highest BCUT2D eigenvalue weighted by Gasteiger charge is 2.18. The van der Waals surface area contributed by atoms with Crippen molar-refractivity contribution in [2.45, 2.75) is 20.0 Å². The molecule has 1 aromatic carbocycles. The molecule has 1 aromatic heterocycles. The molecule has 1 atom stereocenters. The normalized spacial score (nSPS) is 12.8. The molecule has 1 heterocycles. The molecule has 0 radical (unpaired) electrons. The third-order valence-corrected chi connectivity index (χ3v) is 2.73. The number of aliphatic hydroxyl groups excluding tert-OH is 1. The van der Waals surface area contributed by atoms with Crippen molar-refractivity contribution in [2.24, 2.45) is 7.05 Å². The third kappa shape index (κ3) is 1.74. The van der Waals surface area contributed by atoms with Gasteiger partial charge in [0.25, 0.3) is 0 Å². The number of nitrogens with zero attached hydrogens (tertiary/aromatic N) is 2. The van der Waals surface area contributed by atoms with Gasteiger partial charge in [0.15, 0.2) is 0 Å². The molecule has 84 valence electrons. The second-order valence-electron chi connectivity index (χ2n) is 4.01. The zero-order chi connectivity index (χ0) is 11.7. The van der Waals surface area contributed by atoms with Crippen molar-refractivity contribution >= 4 is 0 Å². The van der Waals surface area contributed by atoms with Crippen molar-refractivity contribution in [1.29, 1.82) is 0 Å². The highest BCUT2D eigenvalue weighted by molar-refractivity contribution is 5.65. The molecule has 2 rings (SSSR count). The topological polar surface area (TPSA) is 38.0 Å². The second-order valence-corrected chi connectivity index (χ2v) is 4.01. The molecule has 1 N–H and O–H groups in total. The smallest absolute Gasteiger partial charge is 0.0801 e. The monoisotopic (exact) mass is 216 g/mol. The molecule has 0 amide bonds. The molecule has 0 saturated carbocycles. The third-order valence-electron chi connectivity index (χ3n) is 2.73. The number of aromatic nitrogens is 2. The Balaban J connectivity index is 2.65. The minimum absolute atomic E-state index is 0.496. The molecule has 0 aliphatic carbocycles. The molecule has 1 unspecified atom stereocenters. The first-order valence-corrected chi connectivity index (χ1v) is 5.38. The Morgan fingerprint density at radius 2 is 1.88 bits per heavy atom. The Morgan fingerprint density at radius 3 is 2.44 bits per heavy atom. The van der Waals surface area contributed by atoms with Gasteiger partial charge >= 0.3 is 0 Å². The molecule has 0 aliphatic rings. The maximum absolute atomic E-state index is 9.81. The van der Waals surface area contributed by atoms with E-state index < -0.39 is 6.10 Å². The van der Waals surface area contributed by atoms with Crippen LogP contribution in [-0.4, -0.2) is 14.9 Å². The first kappa shape index (κ1) is 10.9. The van der Waals surface area contributed by atoms with Crippen LogP contribution in [0.25, 0.3) is 11.3 Å². The average molecular weight is 216 g/mol. The lowest BCUT2D eigenvalue weighted by molar-refractivity contribution is 0.199. The molecule has 0 spiro atoms. The lowest BCUT2D eigenvalue weighted by Gasteiger charge is -2.08. The molecule has 0 fully saturated rings. The number of aryl methyl sites for hydroxylation is 2. The second kappa shape index (κ2) is 4.10. The summed E-state index contributed by atoms with van der Waals surface area (Å²) in [6, 6.07) is 10.0. The van der Waals surface area contributed by atoms with Gasteiger partial charge in [-0.25, -0.2) is 0 Å². The van der Waals surface area contributed by atoms with Crippen LogP contribution < -0.4 is 0 Å². The first-order chi connectivity index (χ1) is 7.61. The zero-order valence-corrected chi connectivity index (χ0v) is 9.81.